The van der Waals surface area contributed by atoms with E-state index in [2.05, 4.69) is 10.4 Å². The van der Waals surface area contributed by atoms with Gasteiger partial charge < -0.3 is 10.2 Å². The maximum absolute atomic E-state index is 12.8. The monoisotopic (exact) mass is 366 g/mol. The Morgan fingerprint density at radius 1 is 1.31 bits per heavy atom. The Hall–Kier alpha value is -2.79. The zero-order chi connectivity index (χ0) is 18.1. The van der Waals surface area contributed by atoms with Crippen molar-refractivity contribution >= 4 is 23.2 Å². The first-order chi connectivity index (χ1) is 12.6. The van der Waals surface area contributed by atoms with Crippen LogP contribution in [0, 0.1) is 0 Å². The number of anilines is 1. The second-order valence-corrected chi connectivity index (χ2v) is 6.95. The van der Waals surface area contributed by atoms with Crippen molar-refractivity contribution < 1.29 is 4.79 Å². The zero-order valence-corrected chi connectivity index (χ0v) is 15.1. The quantitative estimate of drug-likeness (QED) is 0.768. The molecule has 0 saturated heterocycles. The van der Waals surface area contributed by atoms with Gasteiger partial charge in [0, 0.05) is 43.1 Å². The predicted octanol–water partition coefficient (Wildman–Crippen LogP) is 3.52. The highest BCUT2D eigenvalue weighted by atomic mass is 35.5. The third-order valence-corrected chi connectivity index (χ3v) is 4.83. The lowest BCUT2D eigenvalue weighted by atomic mass is 10.1. The van der Waals surface area contributed by atoms with E-state index in [0.717, 1.165) is 22.5 Å². The Balaban J connectivity index is 1.45. The number of hydrogen-bond donors (Lipinski definition) is 1. The fourth-order valence-electron chi connectivity index (χ4n) is 3.32. The fourth-order valence-corrected chi connectivity index (χ4v) is 3.51. The van der Waals surface area contributed by atoms with Crippen molar-refractivity contribution in [1.29, 1.82) is 0 Å². The number of carbonyl (C=O) groups is 1. The molecule has 1 N–H and O–H groups in total. The fraction of sp³-hybridized carbons (Fsp3) is 0.200. The average molecular weight is 367 g/mol. The lowest BCUT2D eigenvalue weighted by Crippen LogP contribution is -2.39. The molecule has 0 spiro atoms. The first-order valence-corrected chi connectivity index (χ1v) is 8.87. The van der Waals surface area contributed by atoms with E-state index in [1.54, 1.807) is 11.1 Å². The molecular weight excluding hydrogens is 348 g/mol. The van der Waals surface area contributed by atoms with Crippen molar-refractivity contribution in [2.24, 2.45) is 0 Å². The normalized spacial score (nSPS) is 15.4. The van der Waals surface area contributed by atoms with Crippen LogP contribution in [0.2, 0.25) is 5.02 Å². The highest BCUT2D eigenvalue weighted by molar-refractivity contribution is 6.30. The number of carbonyl (C=O) groups excluding carboxylic acids is 1. The van der Waals surface area contributed by atoms with Crippen LogP contribution in [0.1, 0.15) is 11.1 Å². The average Bonchev–Trinajstić information content (AvgIpc) is 3.30. The molecule has 2 aromatic carbocycles. The number of fused-ring (bicyclic) bond motifs is 1. The molecule has 1 amide bonds. The molecule has 1 aliphatic rings. The summed E-state index contributed by atoms with van der Waals surface area (Å²) in [7, 11) is 1.83. The molecule has 0 unspecified atom stereocenters. The Morgan fingerprint density at radius 2 is 2.19 bits per heavy atom. The number of benzene rings is 2. The van der Waals surface area contributed by atoms with Gasteiger partial charge in [-0.05, 0) is 47.5 Å². The third-order valence-electron chi connectivity index (χ3n) is 4.59. The molecule has 6 heteroatoms. The zero-order valence-electron chi connectivity index (χ0n) is 14.4. The Morgan fingerprint density at radius 3 is 3.00 bits per heavy atom. The maximum atomic E-state index is 12.8. The highest BCUT2D eigenvalue weighted by Crippen LogP contribution is 2.29. The highest BCUT2D eigenvalue weighted by Gasteiger charge is 2.29. The molecule has 4 rings (SSSR count). The van der Waals surface area contributed by atoms with Crippen LogP contribution in [-0.4, -0.2) is 33.7 Å². The van der Waals surface area contributed by atoms with Gasteiger partial charge in [0.1, 0.15) is 6.04 Å². The van der Waals surface area contributed by atoms with Gasteiger partial charge in [-0.25, -0.2) is 4.68 Å². The molecule has 26 heavy (non-hydrogen) atoms. The Kier molecular flexibility index (Phi) is 4.39. The lowest BCUT2D eigenvalue weighted by molar-refractivity contribution is -0.131. The number of halogens is 1. The van der Waals surface area contributed by atoms with Crippen molar-refractivity contribution in [3.05, 3.63) is 77.1 Å². The number of likely N-dealkylation sites (N-methyl/N-ethyl adjacent to an activating group) is 1. The lowest BCUT2D eigenvalue weighted by Gasteiger charge is -2.22. The van der Waals surface area contributed by atoms with E-state index in [0.29, 0.717) is 18.0 Å². The summed E-state index contributed by atoms with van der Waals surface area (Å²) in [4.78, 5) is 14.6. The number of nitrogens with zero attached hydrogens (tertiary/aromatic N) is 3. The van der Waals surface area contributed by atoms with Gasteiger partial charge in [0.2, 0.25) is 5.91 Å². The van der Waals surface area contributed by atoms with Crippen molar-refractivity contribution in [2.75, 3.05) is 12.4 Å². The van der Waals surface area contributed by atoms with E-state index in [1.807, 2.05) is 66.5 Å². The molecule has 0 bridgehead atoms. The van der Waals surface area contributed by atoms with Crippen molar-refractivity contribution in [3.63, 3.8) is 0 Å². The molecule has 1 aromatic heterocycles. The van der Waals surface area contributed by atoms with Crippen LogP contribution in [0.15, 0.2) is 60.9 Å². The molecule has 1 aliphatic heterocycles. The largest absolute Gasteiger partial charge is 0.373 e. The van der Waals surface area contributed by atoms with Gasteiger partial charge in [-0.1, -0.05) is 23.7 Å². The first-order valence-electron chi connectivity index (χ1n) is 8.49. The van der Waals surface area contributed by atoms with Crippen LogP contribution in [0.25, 0.3) is 5.69 Å². The number of aromatic nitrogens is 2. The van der Waals surface area contributed by atoms with Crippen molar-refractivity contribution in [2.45, 2.75) is 19.0 Å². The van der Waals surface area contributed by atoms with E-state index in [-0.39, 0.29) is 11.9 Å². The topological polar surface area (TPSA) is 50.2 Å². The maximum Gasteiger partial charge on any atom is 0.245 e. The molecular formula is C20H19ClN4O. The van der Waals surface area contributed by atoms with E-state index in [4.69, 9.17) is 11.6 Å². The minimum atomic E-state index is -0.247. The summed E-state index contributed by atoms with van der Waals surface area (Å²) in [5.41, 5.74) is 4.12. The van der Waals surface area contributed by atoms with E-state index < -0.39 is 0 Å². The minimum absolute atomic E-state index is 0.0711. The molecule has 0 fully saturated rings. The molecule has 5 nitrogen and oxygen atoms in total. The summed E-state index contributed by atoms with van der Waals surface area (Å²) in [6.07, 6.45) is 4.31. The van der Waals surface area contributed by atoms with Crippen LogP contribution in [-0.2, 0) is 17.8 Å². The van der Waals surface area contributed by atoms with Crippen LogP contribution in [0.4, 0.5) is 5.69 Å². The Bertz CT molecular complexity index is 939. The van der Waals surface area contributed by atoms with Gasteiger partial charge in [0.25, 0.3) is 0 Å². The second kappa shape index (κ2) is 6.84. The van der Waals surface area contributed by atoms with Gasteiger partial charge >= 0.3 is 0 Å². The summed E-state index contributed by atoms with van der Waals surface area (Å²) in [6, 6.07) is 15.4. The molecule has 0 aliphatic carbocycles. The minimum Gasteiger partial charge on any atom is -0.373 e. The summed E-state index contributed by atoms with van der Waals surface area (Å²) in [6.45, 7) is 0.545. The van der Waals surface area contributed by atoms with Gasteiger partial charge in [0.15, 0.2) is 0 Å². The number of hydrogen-bond acceptors (Lipinski definition) is 3. The summed E-state index contributed by atoms with van der Waals surface area (Å²) >= 11 is 6.05. The number of rotatable bonds is 4. The molecule has 0 saturated carbocycles. The third kappa shape index (κ3) is 3.30. The first kappa shape index (κ1) is 16.7. The summed E-state index contributed by atoms with van der Waals surface area (Å²) in [5, 5.41) is 8.24. The van der Waals surface area contributed by atoms with E-state index in [1.165, 1.54) is 0 Å². The molecule has 132 valence electrons. The van der Waals surface area contributed by atoms with Crippen molar-refractivity contribution in [3.8, 4) is 5.69 Å². The van der Waals surface area contributed by atoms with Gasteiger partial charge in [-0.3, -0.25) is 4.79 Å². The predicted molar refractivity (Wildman–Crippen MR) is 103 cm³/mol. The van der Waals surface area contributed by atoms with Crippen LogP contribution >= 0.6 is 11.6 Å². The molecule has 0 radical (unpaired) electrons. The number of nitrogens with one attached hydrogen (secondary N) is 1. The van der Waals surface area contributed by atoms with Crippen molar-refractivity contribution in [1.82, 2.24) is 14.7 Å². The molecule has 3 aromatic rings. The van der Waals surface area contributed by atoms with E-state index >= 15 is 0 Å². The van der Waals surface area contributed by atoms with Crippen LogP contribution < -0.4 is 5.32 Å². The van der Waals surface area contributed by atoms with Gasteiger partial charge in [-0.15, -0.1) is 0 Å². The number of amides is 1. The summed E-state index contributed by atoms with van der Waals surface area (Å²) < 4.78 is 1.81. The second-order valence-electron chi connectivity index (χ2n) is 6.52. The molecule has 2 heterocycles. The summed E-state index contributed by atoms with van der Waals surface area (Å²) in [5.74, 6) is 0.0711. The van der Waals surface area contributed by atoms with Gasteiger partial charge in [-0.2, -0.15) is 5.10 Å². The van der Waals surface area contributed by atoms with Gasteiger partial charge in [0.05, 0.1) is 5.69 Å². The SMILES string of the molecule is CN(Cc1cccc(-n2cccn2)c1)C(=O)[C@@H]1Cc2cc(Cl)ccc2N1. The van der Waals surface area contributed by atoms with Crippen LogP contribution in [0.3, 0.4) is 0 Å². The van der Waals surface area contributed by atoms with E-state index in [9.17, 15) is 4.79 Å². The standard InChI is InChI=1S/C20H19ClN4O/c1-24(13-14-4-2-5-17(10-14)25-9-3-8-22-25)20(26)19-12-15-11-16(21)6-7-18(15)23-19/h2-11,19,23H,12-13H2,1H3/t19-/m0/s1. The smallest absolute Gasteiger partial charge is 0.245 e. The molecule has 1 atom stereocenters. The van der Waals surface area contributed by atoms with Crippen LogP contribution in [0.5, 0.6) is 0 Å². The Labute approximate surface area is 157 Å².